The Morgan fingerprint density at radius 3 is 1.55 bits per heavy atom. The van der Waals surface area contributed by atoms with E-state index in [0.717, 1.165) is 43.2 Å². The van der Waals surface area contributed by atoms with Crippen LogP contribution in [0.25, 0.3) is 16.7 Å². The van der Waals surface area contributed by atoms with Gasteiger partial charge in [-0.1, -0.05) is 0 Å². The Morgan fingerprint density at radius 2 is 1.14 bits per heavy atom. The minimum atomic E-state index is -5.37. The second kappa shape index (κ2) is 10.1. The third-order valence-corrected chi connectivity index (χ3v) is 41.7. The topological polar surface area (TPSA) is 0 Å². The molecule has 0 saturated carbocycles. The fraction of sp³-hybridized carbons (Fsp3) is 0.361. The molecule has 3 aromatic carbocycles. The standard InChI is InChI=1S/C21H25.C12H8F3.C3H6.2ClH.Hf/c1-20(2,3)16-7-9-18-14(12-16)11-15-13-17(21(4,5)6)8-10-19(15)18;13-12(14,15)11-7-5-10(6-8-11)9-3-1-2-4-9;1-3-2;;;/h7-13H,1-6H3;1-8H;1-2H3;2*1H;/q;;;;;+2/p-2. The number of rotatable bonds is 3. The van der Waals surface area contributed by atoms with Gasteiger partial charge < -0.3 is 0 Å². The molecule has 42 heavy (non-hydrogen) atoms. The average Bonchev–Trinajstić information content (AvgIpc) is 3.51. The quantitative estimate of drug-likeness (QED) is 0.232. The number of benzene rings is 3. The van der Waals surface area contributed by atoms with Crippen LogP contribution in [0, 0.1) is 0 Å². The number of allylic oxidation sites excluding steroid dienone is 4. The number of alkyl halides is 3. The number of halogens is 5. The van der Waals surface area contributed by atoms with Gasteiger partial charge in [0.15, 0.2) is 0 Å². The van der Waals surface area contributed by atoms with E-state index in [4.69, 9.17) is 17.2 Å². The van der Waals surface area contributed by atoms with Gasteiger partial charge in [-0.3, -0.25) is 0 Å². The van der Waals surface area contributed by atoms with E-state index in [-0.39, 0.29) is 18.2 Å². The van der Waals surface area contributed by atoms with Gasteiger partial charge in [0.2, 0.25) is 0 Å². The molecule has 0 fully saturated rings. The van der Waals surface area contributed by atoms with Crippen LogP contribution < -0.4 is 0 Å². The molecule has 2 aliphatic rings. The molecule has 0 aromatic heterocycles. The fourth-order valence-corrected chi connectivity index (χ4v) is 29.6. The Bertz CT molecular complexity index is 1630. The van der Waals surface area contributed by atoms with Gasteiger partial charge in [0.25, 0.3) is 0 Å². The summed E-state index contributed by atoms with van der Waals surface area (Å²) in [6.07, 6.45) is 1.64. The van der Waals surface area contributed by atoms with Gasteiger partial charge in [0, 0.05) is 0 Å². The molecule has 2 aliphatic carbocycles. The van der Waals surface area contributed by atoms with Crippen molar-refractivity contribution in [2.75, 3.05) is 0 Å². The fourth-order valence-electron chi connectivity index (χ4n) is 6.61. The zero-order chi connectivity index (χ0) is 31.1. The molecular formula is C36H39Cl2F3Hf. The molecule has 0 aliphatic heterocycles. The number of fused-ring (bicyclic) bond motifs is 3. The van der Waals surface area contributed by atoms with Crippen LogP contribution in [0.4, 0.5) is 13.2 Å². The molecule has 6 heteroatoms. The molecule has 0 bridgehead atoms. The van der Waals surface area contributed by atoms with E-state index >= 15 is 0 Å². The Hall–Kier alpha value is -1.75. The Kier molecular flexibility index (Phi) is 7.65. The number of hydrogen-bond acceptors (Lipinski definition) is 0. The molecule has 0 radical (unpaired) electrons. The SMILES string of the molecule is C[C](C)=[Hf]([Cl])([Cl])([CH]1C=CC=C1c1ccc(C(F)(F)F)cc1)[CH]1c2cc(C(C)(C)C)ccc2-c2ccc(C(C)(C)C)cc21. The average molecular weight is 778 g/mol. The molecule has 222 valence electrons. The van der Waals surface area contributed by atoms with E-state index in [0.29, 0.717) is 5.56 Å². The van der Waals surface area contributed by atoms with Gasteiger partial charge in [-0.2, -0.15) is 0 Å². The molecule has 0 nitrogen and oxygen atoms in total. The third kappa shape index (κ3) is 5.08. The third-order valence-electron chi connectivity index (χ3n) is 9.26. The molecule has 3 aromatic rings. The summed E-state index contributed by atoms with van der Waals surface area (Å²) in [4.78, 5) is 0. The zero-order valence-electron chi connectivity index (χ0n) is 25.6. The van der Waals surface area contributed by atoms with E-state index in [9.17, 15) is 13.2 Å². The van der Waals surface area contributed by atoms with Gasteiger partial charge in [-0.05, 0) is 0 Å². The van der Waals surface area contributed by atoms with Crippen molar-refractivity contribution in [3.63, 3.8) is 0 Å². The summed E-state index contributed by atoms with van der Waals surface area (Å²) in [6.45, 7) is 17.4. The molecule has 5 rings (SSSR count). The summed E-state index contributed by atoms with van der Waals surface area (Å²) >= 11 is -5.37. The van der Waals surface area contributed by atoms with E-state index in [2.05, 4.69) is 97.9 Å². The summed E-state index contributed by atoms with van der Waals surface area (Å²) in [5, 5.41) is 0. The Labute approximate surface area is 256 Å². The number of hydrogen-bond donors (Lipinski definition) is 0. The minimum absolute atomic E-state index is 0.0700. The van der Waals surface area contributed by atoms with Gasteiger partial charge in [0.05, 0.1) is 0 Å². The van der Waals surface area contributed by atoms with Crippen molar-refractivity contribution in [3.05, 3.63) is 112 Å². The maximum atomic E-state index is 13.4. The first-order chi connectivity index (χ1) is 19.2. The van der Waals surface area contributed by atoms with Gasteiger partial charge in [-0.15, -0.1) is 0 Å². The monoisotopic (exact) mass is 778 g/mol. The van der Waals surface area contributed by atoms with Gasteiger partial charge in [-0.25, -0.2) is 0 Å². The summed E-state index contributed by atoms with van der Waals surface area (Å²) in [5.41, 5.74) is 7.89. The molecule has 0 heterocycles. The molecular weight excluding hydrogens is 739 g/mol. The van der Waals surface area contributed by atoms with Crippen LogP contribution in [-0.4, -0.2) is 3.26 Å². The predicted octanol–water partition coefficient (Wildman–Crippen LogP) is 12.0. The van der Waals surface area contributed by atoms with E-state index < -0.39 is 27.4 Å². The van der Waals surface area contributed by atoms with Crippen molar-refractivity contribution in [2.45, 2.75) is 79.7 Å². The predicted molar refractivity (Wildman–Crippen MR) is 171 cm³/mol. The molecule has 0 amide bonds. The van der Waals surface area contributed by atoms with Crippen molar-refractivity contribution in [3.8, 4) is 11.1 Å². The van der Waals surface area contributed by atoms with Crippen LogP contribution >= 0.6 is 17.2 Å². The van der Waals surface area contributed by atoms with E-state index in [1.165, 1.54) is 11.1 Å². The maximum absolute atomic E-state index is 13.4. The van der Waals surface area contributed by atoms with E-state index in [1.807, 2.05) is 12.2 Å². The van der Waals surface area contributed by atoms with E-state index in [1.54, 1.807) is 12.1 Å². The van der Waals surface area contributed by atoms with Crippen LogP contribution in [-0.2, 0) is 32.7 Å². The van der Waals surface area contributed by atoms with Crippen molar-refractivity contribution in [1.29, 1.82) is 0 Å². The van der Waals surface area contributed by atoms with Crippen LogP contribution in [0.1, 0.15) is 92.4 Å². The van der Waals surface area contributed by atoms with Crippen molar-refractivity contribution in [2.24, 2.45) is 0 Å². The van der Waals surface area contributed by atoms with Crippen LogP contribution in [0.2, 0.25) is 3.67 Å². The first kappa shape index (κ1) is 31.7. The summed E-state index contributed by atoms with van der Waals surface area (Å²) in [5.74, 6) is 0. The summed E-state index contributed by atoms with van der Waals surface area (Å²) in [6, 6.07) is 18.9. The second-order valence-corrected chi connectivity index (χ2v) is 45.3. The molecule has 1 unspecified atom stereocenters. The molecule has 0 N–H and O–H groups in total. The van der Waals surface area contributed by atoms with Crippen molar-refractivity contribution < 1.29 is 28.8 Å². The van der Waals surface area contributed by atoms with Gasteiger partial charge in [0.1, 0.15) is 0 Å². The molecule has 0 spiro atoms. The second-order valence-electron chi connectivity index (χ2n) is 14.2. The molecule has 0 saturated heterocycles. The normalized spacial score (nSPS) is 17.8. The van der Waals surface area contributed by atoms with Crippen LogP contribution in [0.3, 0.4) is 0 Å². The first-order valence-corrected chi connectivity index (χ1v) is 29.3. The van der Waals surface area contributed by atoms with Crippen molar-refractivity contribution >= 4 is 26.0 Å². The Morgan fingerprint density at radius 1 is 0.690 bits per heavy atom. The zero-order valence-corrected chi connectivity index (χ0v) is 30.7. The first-order valence-electron chi connectivity index (χ1n) is 14.5. The van der Waals surface area contributed by atoms with Crippen molar-refractivity contribution in [1.82, 2.24) is 0 Å². The van der Waals surface area contributed by atoms with Crippen LogP contribution in [0.5, 0.6) is 0 Å². The van der Waals surface area contributed by atoms with Gasteiger partial charge >= 0.3 is 258 Å². The summed E-state index contributed by atoms with van der Waals surface area (Å²) in [7, 11) is 16.5. The Balaban J connectivity index is 1.78. The van der Waals surface area contributed by atoms with Crippen LogP contribution in [0.15, 0.2) is 78.9 Å². The summed E-state index contributed by atoms with van der Waals surface area (Å²) < 4.78 is 40.7. The molecule has 1 atom stereocenters.